The molecule has 0 bridgehead atoms. The lowest BCUT2D eigenvalue weighted by molar-refractivity contribution is 0.112. The second-order valence-corrected chi connectivity index (χ2v) is 6.04. The number of rotatable bonds is 2. The SMILES string of the molecule is CN1CCc2c(C=O)csc2C(c2ccccc2)C1. The van der Waals surface area contributed by atoms with Crippen LogP contribution in [0.3, 0.4) is 0 Å². The molecule has 0 amide bonds. The van der Waals surface area contributed by atoms with E-state index in [1.165, 1.54) is 16.0 Å². The van der Waals surface area contributed by atoms with E-state index in [1.54, 1.807) is 11.3 Å². The smallest absolute Gasteiger partial charge is 0.151 e. The van der Waals surface area contributed by atoms with Crippen LogP contribution < -0.4 is 0 Å². The van der Waals surface area contributed by atoms with Crippen LogP contribution in [0.5, 0.6) is 0 Å². The van der Waals surface area contributed by atoms with Crippen molar-refractivity contribution in [2.75, 3.05) is 20.1 Å². The molecule has 0 N–H and O–H groups in total. The molecule has 2 nitrogen and oxygen atoms in total. The Bertz CT molecular complexity index is 576. The van der Waals surface area contributed by atoms with E-state index in [9.17, 15) is 4.79 Å². The van der Waals surface area contributed by atoms with Crippen molar-refractivity contribution in [2.24, 2.45) is 0 Å². The minimum absolute atomic E-state index is 0.391. The van der Waals surface area contributed by atoms with Gasteiger partial charge in [0.1, 0.15) is 0 Å². The third-order valence-corrected chi connectivity index (χ3v) is 5.00. The third-order valence-electron chi connectivity index (χ3n) is 3.84. The van der Waals surface area contributed by atoms with E-state index in [0.29, 0.717) is 5.92 Å². The van der Waals surface area contributed by atoms with Crippen molar-refractivity contribution in [3.05, 3.63) is 57.3 Å². The third kappa shape index (κ3) is 2.36. The first-order valence-electron chi connectivity index (χ1n) is 6.58. The molecular formula is C16H17NOS. The van der Waals surface area contributed by atoms with E-state index >= 15 is 0 Å². The molecule has 1 atom stereocenters. The van der Waals surface area contributed by atoms with Crippen LogP contribution in [-0.4, -0.2) is 31.3 Å². The molecule has 1 unspecified atom stereocenters. The van der Waals surface area contributed by atoms with Crippen molar-refractivity contribution < 1.29 is 4.79 Å². The van der Waals surface area contributed by atoms with Crippen molar-refractivity contribution in [3.63, 3.8) is 0 Å². The van der Waals surface area contributed by atoms with Gasteiger partial charge in [-0.1, -0.05) is 30.3 Å². The maximum absolute atomic E-state index is 11.2. The summed E-state index contributed by atoms with van der Waals surface area (Å²) in [6, 6.07) is 10.6. The summed E-state index contributed by atoms with van der Waals surface area (Å²) in [5.74, 6) is 0.391. The molecule has 1 aromatic heterocycles. The molecule has 1 aliphatic rings. The summed E-state index contributed by atoms with van der Waals surface area (Å²) in [5, 5.41) is 2.01. The average molecular weight is 271 g/mol. The minimum atomic E-state index is 0.391. The van der Waals surface area contributed by atoms with Crippen molar-refractivity contribution >= 4 is 17.6 Å². The molecule has 3 rings (SSSR count). The topological polar surface area (TPSA) is 20.3 Å². The predicted octanol–water partition coefficient (Wildman–Crippen LogP) is 3.18. The van der Waals surface area contributed by atoms with Gasteiger partial charge < -0.3 is 4.90 Å². The summed E-state index contributed by atoms with van der Waals surface area (Å²) in [7, 11) is 2.16. The second kappa shape index (κ2) is 5.27. The first-order chi connectivity index (χ1) is 9.29. The van der Waals surface area contributed by atoms with Crippen LogP contribution in [0.15, 0.2) is 35.7 Å². The highest BCUT2D eigenvalue weighted by atomic mass is 32.1. The second-order valence-electron chi connectivity index (χ2n) is 5.13. The van der Waals surface area contributed by atoms with E-state index in [-0.39, 0.29) is 0 Å². The maximum Gasteiger partial charge on any atom is 0.151 e. The number of fused-ring (bicyclic) bond motifs is 1. The van der Waals surface area contributed by atoms with Crippen LogP contribution >= 0.6 is 11.3 Å². The lowest BCUT2D eigenvalue weighted by Crippen LogP contribution is -2.24. The lowest BCUT2D eigenvalue weighted by atomic mass is 9.94. The molecule has 3 heteroatoms. The van der Waals surface area contributed by atoms with Gasteiger partial charge in [-0.05, 0) is 24.6 Å². The molecule has 0 aliphatic carbocycles. The zero-order chi connectivity index (χ0) is 13.2. The first-order valence-corrected chi connectivity index (χ1v) is 7.46. The highest BCUT2D eigenvalue weighted by Gasteiger charge is 2.26. The molecule has 0 saturated carbocycles. The molecule has 2 heterocycles. The number of aldehydes is 1. The van der Waals surface area contributed by atoms with Gasteiger partial charge in [0, 0.05) is 34.8 Å². The Balaban J connectivity index is 2.08. The maximum atomic E-state index is 11.2. The molecule has 1 aliphatic heterocycles. The molecule has 0 fully saturated rings. The van der Waals surface area contributed by atoms with Gasteiger partial charge in [-0.3, -0.25) is 4.79 Å². The lowest BCUT2D eigenvalue weighted by Gasteiger charge is -2.20. The van der Waals surface area contributed by atoms with E-state index in [1.807, 2.05) is 5.38 Å². The molecular weight excluding hydrogens is 254 g/mol. The number of likely N-dealkylation sites (N-methyl/N-ethyl adjacent to an activating group) is 1. The number of hydrogen-bond donors (Lipinski definition) is 0. The Kier molecular flexibility index (Phi) is 3.49. The van der Waals surface area contributed by atoms with Gasteiger partial charge in [0.2, 0.25) is 0 Å². The summed E-state index contributed by atoms with van der Waals surface area (Å²) in [6.45, 7) is 2.05. The molecule has 0 spiro atoms. The van der Waals surface area contributed by atoms with E-state index < -0.39 is 0 Å². The minimum Gasteiger partial charge on any atom is -0.305 e. The summed E-state index contributed by atoms with van der Waals surface area (Å²) in [5.41, 5.74) is 3.49. The largest absolute Gasteiger partial charge is 0.305 e. The van der Waals surface area contributed by atoms with Crippen LogP contribution in [0.4, 0.5) is 0 Å². The van der Waals surface area contributed by atoms with Crippen molar-refractivity contribution in [2.45, 2.75) is 12.3 Å². The molecule has 0 radical (unpaired) electrons. The van der Waals surface area contributed by atoms with Gasteiger partial charge in [0.15, 0.2) is 6.29 Å². The molecule has 19 heavy (non-hydrogen) atoms. The van der Waals surface area contributed by atoms with Gasteiger partial charge in [0.25, 0.3) is 0 Å². The van der Waals surface area contributed by atoms with Gasteiger partial charge in [-0.15, -0.1) is 11.3 Å². The van der Waals surface area contributed by atoms with Crippen LogP contribution in [-0.2, 0) is 6.42 Å². The predicted molar refractivity (Wildman–Crippen MR) is 79.2 cm³/mol. The fourth-order valence-corrected chi connectivity index (χ4v) is 3.99. The molecule has 1 aromatic carbocycles. The number of hydrogen-bond acceptors (Lipinski definition) is 3. The van der Waals surface area contributed by atoms with Crippen molar-refractivity contribution in [1.82, 2.24) is 4.90 Å². The number of carbonyl (C=O) groups is 1. The van der Waals surface area contributed by atoms with E-state index in [0.717, 1.165) is 31.4 Å². The van der Waals surface area contributed by atoms with Crippen molar-refractivity contribution in [1.29, 1.82) is 0 Å². The monoisotopic (exact) mass is 271 g/mol. The summed E-state index contributed by atoms with van der Waals surface area (Å²) >= 11 is 1.74. The van der Waals surface area contributed by atoms with Gasteiger partial charge >= 0.3 is 0 Å². The summed E-state index contributed by atoms with van der Waals surface area (Å²) in [4.78, 5) is 14.9. The number of benzene rings is 1. The number of thiophene rings is 1. The Morgan fingerprint density at radius 1 is 1.32 bits per heavy atom. The number of nitrogens with zero attached hydrogens (tertiary/aromatic N) is 1. The van der Waals surface area contributed by atoms with Crippen molar-refractivity contribution in [3.8, 4) is 0 Å². The molecule has 2 aromatic rings. The van der Waals surface area contributed by atoms with E-state index in [2.05, 4.69) is 42.3 Å². The summed E-state index contributed by atoms with van der Waals surface area (Å²) in [6.07, 6.45) is 1.98. The fourth-order valence-electron chi connectivity index (χ4n) is 2.80. The Morgan fingerprint density at radius 2 is 2.11 bits per heavy atom. The van der Waals surface area contributed by atoms with Crippen LogP contribution in [0.2, 0.25) is 0 Å². The normalized spacial score (nSPS) is 19.7. The Labute approximate surface area is 117 Å². The first kappa shape index (κ1) is 12.6. The van der Waals surface area contributed by atoms with Gasteiger partial charge in [-0.25, -0.2) is 0 Å². The van der Waals surface area contributed by atoms with Crippen LogP contribution in [0.1, 0.15) is 32.3 Å². The quantitative estimate of drug-likeness (QED) is 0.782. The number of carbonyl (C=O) groups excluding carboxylic acids is 1. The van der Waals surface area contributed by atoms with Gasteiger partial charge in [-0.2, -0.15) is 0 Å². The van der Waals surface area contributed by atoms with Crippen LogP contribution in [0.25, 0.3) is 0 Å². The fraction of sp³-hybridized carbons (Fsp3) is 0.312. The average Bonchev–Trinajstić information content (AvgIpc) is 2.78. The van der Waals surface area contributed by atoms with E-state index in [4.69, 9.17) is 0 Å². The highest BCUT2D eigenvalue weighted by Crippen LogP contribution is 2.36. The zero-order valence-electron chi connectivity index (χ0n) is 11.0. The van der Waals surface area contributed by atoms with Crippen LogP contribution in [0, 0.1) is 0 Å². The Morgan fingerprint density at radius 3 is 2.84 bits per heavy atom. The summed E-state index contributed by atoms with van der Waals surface area (Å²) < 4.78 is 0. The standard InChI is InChI=1S/C16H17NOS/c1-17-8-7-14-13(10-18)11-19-16(14)15(9-17)12-5-3-2-4-6-12/h2-6,10-11,15H,7-9H2,1H3. The molecule has 0 saturated heterocycles. The Hall–Kier alpha value is -1.45. The zero-order valence-corrected chi connectivity index (χ0v) is 11.8. The molecule has 98 valence electrons. The highest BCUT2D eigenvalue weighted by molar-refractivity contribution is 7.10. The van der Waals surface area contributed by atoms with Gasteiger partial charge in [0.05, 0.1) is 0 Å².